The average molecular weight is 312 g/mol. The van der Waals surface area contributed by atoms with Crippen molar-refractivity contribution in [2.75, 3.05) is 11.9 Å². The molecule has 1 aromatic carbocycles. The van der Waals surface area contributed by atoms with E-state index in [0.717, 1.165) is 30.8 Å². The molecule has 0 spiro atoms. The van der Waals surface area contributed by atoms with Crippen molar-refractivity contribution in [1.29, 1.82) is 5.26 Å². The Balaban J connectivity index is 1.73. The maximum Gasteiger partial charge on any atom is 0.322 e. The normalized spacial score (nSPS) is 17.8. The van der Waals surface area contributed by atoms with Crippen molar-refractivity contribution >= 4 is 23.1 Å². The molecule has 1 fully saturated rings. The average Bonchev–Trinajstić information content (AvgIpc) is 3.10. The van der Waals surface area contributed by atoms with Crippen LogP contribution in [0.15, 0.2) is 35.8 Å². The van der Waals surface area contributed by atoms with Crippen LogP contribution >= 0.6 is 11.3 Å². The minimum absolute atomic E-state index is 0.0622. The van der Waals surface area contributed by atoms with Crippen molar-refractivity contribution < 1.29 is 4.79 Å². The molecule has 1 aliphatic rings. The zero-order valence-corrected chi connectivity index (χ0v) is 12.8. The number of thiazole rings is 1. The number of carbonyl (C=O) groups is 1. The number of rotatable bonds is 2. The highest BCUT2D eigenvalue weighted by Gasteiger charge is 2.29. The summed E-state index contributed by atoms with van der Waals surface area (Å²) >= 11 is 1.59. The number of nitrogens with one attached hydrogen (secondary N) is 1. The second-order valence-corrected chi connectivity index (χ2v) is 6.12. The van der Waals surface area contributed by atoms with E-state index < -0.39 is 0 Å². The molecule has 1 aromatic heterocycles. The Kier molecular flexibility index (Phi) is 4.35. The summed E-state index contributed by atoms with van der Waals surface area (Å²) in [5.41, 5.74) is 1.28. The summed E-state index contributed by atoms with van der Waals surface area (Å²) < 4.78 is 0. The van der Waals surface area contributed by atoms with Crippen LogP contribution in [0.5, 0.6) is 0 Å². The van der Waals surface area contributed by atoms with Crippen molar-refractivity contribution in [2.45, 2.75) is 25.3 Å². The molecule has 1 saturated heterocycles. The molecular weight excluding hydrogens is 296 g/mol. The van der Waals surface area contributed by atoms with Gasteiger partial charge < -0.3 is 10.2 Å². The van der Waals surface area contributed by atoms with Crippen LogP contribution in [0.3, 0.4) is 0 Å². The van der Waals surface area contributed by atoms with Gasteiger partial charge in [-0.25, -0.2) is 9.78 Å². The van der Waals surface area contributed by atoms with Crippen molar-refractivity contribution in [3.63, 3.8) is 0 Å². The number of amides is 2. The summed E-state index contributed by atoms with van der Waals surface area (Å²) in [5.74, 6) is 0. The van der Waals surface area contributed by atoms with Crippen molar-refractivity contribution in [2.24, 2.45) is 0 Å². The first-order chi connectivity index (χ1) is 10.8. The second kappa shape index (κ2) is 6.58. The molecule has 1 aliphatic heterocycles. The van der Waals surface area contributed by atoms with Crippen molar-refractivity contribution in [3.05, 3.63) is 46.4 Å². The summed E-state index contributed by atoms with van der Waals surface area (Å²) in [6.45, 7) is 0.742. The fourth-order valence-electron chi connectivity index (χ4n) is 2.65. The van der Waals surface area contributed by atoms with E-state index in [1.807, 2.05) is 10.3 Å². The quantitative estimate of drug-likeness (QED) is 0.917. The summed E-state index contributed by atoms with van der Waals surface area (Å²) in [5, 5.41) is 14.7. The molecule has 0 aliphatic carbocycles. The predicted molar refractivity (Wildman–Crippen MR) is 85.6 cm³/mol. The molecule has 2 aromatic rings. The Morgan fingerprint density at radius 2 is 2.18 bits per heavy atom. The first-order valence-corrected chi connectivity index (χ1v) is 8.13. The molecule has 0 radical (unpaired) electrons. The number of nitrogens with zero attached hydrogens (tertiary/aromatic N) is 3. The fraction of sp³-hybridized carbons (Fsp3) is 0.312. The zero-order valence-electron chi connectivity index (χ0n) is 12.0. The highest BCUT2D eigenvalue weighted by molar-refractivity contribution is 7.09. The third-order valence-electron chi connectivity index (χ3n) is 3.77. The van der Waals surface area contributed by atoms with Gasteiger partial charge in [-0.1, -0.05) is 0 Å². The largest absolute Gasteiger partial charge is 0.322 e. The molecule has 0 saturated carbocycles. The Labute approximate surface area is 133 Å². The number of carbonyl (C=O) groups excluding carboxylic acids is 1. The fourth-order valence-corrected chi connectivity index (χ4v) is 3.44. The maximum atomic E-state index is 12.6. The van der Waals surface area contributed by atoms with Crippen molar-refractivity contribution in [3.8, 4) is 6.07 Å². The summed E-state index contributed by atoms with van der Waals surface area (Å²) in [7, 11) is 0. The number of likely N-dealkylation sites (tertiary alicyclic amines) is 1. The lowest BCUT2D eigenvalue weighted by Gasteiger charge is -2.34. The van der Waals surface area contributed by atoms with Gasteiger partial charge in [0.25, 0.3) is 0 Å². The monoisotopic (exact) mass is 312 g/mol. The third-order valence-corrected chi connectivity index (χ3v) is 4.64. The molecule has 1 unspecified atom stereocenters. The SMILES string of the molecule is N#Cc1ccc(NC(=O)N2CCCCC2c2nccs2)cc1. The van der Waals surface area contributed by atoms with E-state index in [1.54, 1.807) is 41.8 Å². The molecule has 0 bridgehead atoms. The molecule has 6 heteroatoms. The van der Waals surface area contributed by atoms with Gasteiger partial charge in [0.1, 0.15) is 5.01 Å². The number of aromatic nitrogens is 1. The minimum Gasteiger partial charge on any atom is -0.315 e. The van der Waals surface area contributed by atoms with Gasteiger partial charge in [-0.2, -0.15) is 5.26 Å². The lowest BCUT2D eigenvalue weighted by Crippen LogP contribution is -2.41. The van der Waals surface area contributed by atoms with E-state index in [-0.39, 0.29) is 12.1 Å². The zero-order chi connectivity index (χ0) is 15.4. The predicted octanol–water partition coefficient (Wildman–Crippen LogP) is 3.77. The molecular formula is C16H16N4OS. The molecule has 2 amide bonds. The van der Waals surface area contributed by atoms with Gasteiger partial charge >= 0.3 is 6.03 Å². The van der Waals surface area contributed by atoms with E-state index in [1.165, 1.54) is 0 Å². The second-order valence-electron chi connectivity index (χ2n) is 5.19. The highest BCUT2D eigenvalue weighted by atomic mass is 32.1. The number of urea groups is 1. The van der Waals surface area contributed by atoms with Gasteiger partial charge in [-0.15, -0.1) is 11.3 Å². The summed E-state index contributed by atoms with van der Waals surface area (Å²) in [6, 6.07) is 8.92. The van der Waals surface area contributed by atoms with Crippen LogP contribution in [-0.4, -0.2) is 22.5 Å². The van der Waals surface area contributed by atoms with Crippen LogP contribution in [0.4, 0.5) is 10.5 Å². The van der Waals surface area contributed by atoms with Gasteiger partial charge in [-0.05, 0) is 43.5 Å². The number of piperidine rings is 1. The molecule has 22 heavy (non-hydrogen) atoms. The Morgan fingerprint density at radius 1 is 1.36 bits per heavy atom. The Hall–Kier alpha value is -2.39. The maximum absolute atomic E-state index is 12.6. The van der Waals surface area contributed by atoms with Gasteiger partial charge in [0.15, 0.2) is 0 Å². The molecule has 112 valence electrons. The number of anilines is 1. The van der Waals surface area contributed by atoms with Crippen LogP contribution in [0.2, 0.25) is 0 Å². The number of nitriles is 1. The van der Waals surface area contributed by atoms with E-state index in [0.29, 0.717) is 11.3 Å². The standard InChI is InChI=1S/C16H16N4OS/c17-11-12-4-6-13(7-5-12)19-16(21)20-9-2-1-3-14(20)15-18-8-10-22-15/h4-8,10,14H,1-3,9H2,(H,19,21). The van der Waals surface area contributed by atoms with Crippen LogP contribution < -0.4 is 5.32 Å². The lowest BCUT2D eigenvalue weighted by molar-refractivity contribution is 0.163. The van der Waals surface area contributed by atoms with Crippen LogP contribution in [0.1, 0.15) is 35.9 Å². The first kappa shape index (κ1) is 14.5. The molecule has 1 N–H and O–H groups in total. The number of benzene rings is 1. The van der Waals surface area contributed by atoms with Crippen LogP contribution in [0.25, 0.3) is 0 Å². The van der Waals surface area contributed by atoms with Crippen molar-refractivity contribution in [1.82, 2.24) is 9.88 Å². The summed E-state index contributed by atoms with van der Waals surface area (Å²) in [4.78, 5) is 18.8. The van der Waals surface area contributed by atoms with E-state index in [2.05, 4.69) is 16.4 Å². The third kappa shape index (κ3) is 3.10. The van der Waals surface area contributed by atoms with E-state index in [9.17, 15) is 4.79 Å². The number of hydrogen-bond acceptors (Lipinski definition) is 4. The van der Waals surface area contributed by atoms with E-state index in [4.69, 9.17) is 5.26 Å². The minimum atomic E-state index is -0.107. The lowest BCUT2D eigenvalue weighted by atomic mass is 10.0. The van der Waals surface area contributed by atoms with Crippen LogP contribution in [0, 0.1) is 11.3 Å². The molecule has 3 rings (SSSR count). The smallest absolute Gasteiger partial charge is 0.315 e. The molecule has 2 heterocycles. The van der Waals surface area contributed by atoms with Crippen LogP contribution in [-0.2, 0) is 0 Å². The van der Waals surface area contributed by atoms with Gasteiger partial charge in [-0.3, -0.25) is 0 Å². The Morgan fingerprint density at radius 3 is 2.86 bits per heavy atom. The molecule has 1 atom stereocenters. The molecule has 5 nitrogen and oxygen atoms in total. The van der Waals surface area contributed by atoms with Gasteiger partial charge in [0, 0.05) is 23.8 Å². The van der Waals surface area contributed by atoms with Gasteiger partial charge in [0.05, 0.1) is 17.7 Å². The number of hydrogen-bond donors (Lipinski definition) is 1. The summed E-state index contributed by atoms with van der Waals surface area (Å²) in [6.07, 6.45) is 4.87. The van der Waals surface area contributed by atoms with Gasteiger partial charge in [0.2, 0.25) is 0 Å². The Bertz CT molecular complexity index is 675. The highest BCUT2D eigenvalue weighted by Crippen LogP contribution is 2.32. The first-order valence-electron chi connectivity index (χ1n) is 7.25. The van der Waals surface area contributed by atoms with E-state index >= 15 is 0 Å². The topological polar surface area (TPSA) is 69.0 Å².